The first-order chi connectivity index (χ1) is 8.00. The van der Waals surface area contributed by atoms with Crippen LogP contribution in [0, 0.1) is 0 Å². The molecule has 0 aliphatic rings. The van der Waals surface area contributed by atoms with Crippen molar-refractivity contribution in [3.05, 3.63) is 0 Å². The normalized spacial score (nSPS) is 15.8. The van der Waals surface area contributed by atoms with Crippen LogP contribution in [-0.4, -0.2) is 22.8 Å². The number of hydrogen-bond donors (Lipinski definition) is 0. The van der Waals surface area contributed by atoms with Crippen molar-refractivity contribution < 1.29 is 13.6 Å². The van der Waals surface area contributed by atoms with Crippen molar-refractivity contribution in [2.45, 2.75) is 63.0 Å². The molecule has 0 rings (SSSR count). The summed E-state index contributed by atoms with van der Waals surface area (Å²) < 4.78 is 23.8. The van der Waals surface area contributed by atoms with Gasteiger partial charge in [-0.05, 0) is 26.7 Å². The zero-order valence-corrected chi connectivity index (χ0v) is 14.5. The van der Waals surface area contributed by atoms with Gasteiger partial charge in [-0.3, -0.25) is 4.57 Å². The van der Waals surface area contributed by atoms with Crippen molar-refractivity contribution in [2.75, 3.05) is 13.2 Å². The zero-order chi connectivity index (χ0) is 13.3. The molecule has 0 heterocycles. The summed E-state index contributed by atoms with van der Waals surface area (Å²) in [4.78, 5) is 0. The molecule has 0 unspecified atom stereocenters. The lowest BCUT2D eigenvalue weighted by Crippen LogP contribution is -2.14. The number of rotatable bonds is 10. The summed E-state index contributed by atoms with van der Waals surface area (Å²) in [6.07, 6.45) is 4.52. The molecule has 0 spiro atoms. The quantitative estimate of drug-likeness (QED) is 0.305. The number of halogens is 1. The molecule has 2 atom stereocenters. The molecule has 0 aliphatic heterocycles. The van der Waals surface area contributed by atoms with Gasteiger partial charge in [0.2, 0.25) is 0 Å². The van der Waals surface area contributed by atoms with Crippen LogP contribution in [0.15, 0.2) is 0 Å². The van der Waals surface area contributed by atoms with Crippen LogP contribution in [0.1, 0.15) is 53.4 Å². The Morgan fingerprint density at radius 3 is 2.12 bits per heavy atom. The van der Waals surface area contributed by atoms with E-state index in [1.807, 2.05) is 20.8 Å². The van der Waals surface area contributed by atoms with E-state index >= 15 is 0 Å². The summed E-state index contributed by atoms with van der Waals surface area (Å²) >= 11 is 2.44. The van der Waals surface area contributed by atoms with Crippen molar-refractivity contribution in [1.29, 1.82) is 0 Å². The third-order valence-corrected chi connectivity index (χ3v) is 6.28. The Hall–Kier alpha value is 0.880. The number of unbranched alkanes of at least 4 members (excludes halogenated alkanes) is 1. The van der Waals surface area contributed by atoms with Crippen molar-refractivity contribution >= 4 is 30.2 Å². The molecule has 104 valence electrons. The second-order valence-electron chi connectivity index (χ2n) is 4.20. The molecule has 0 radical (unpaired) electrons. The van der Waals surface area contributed by atoms with E-state index in [2.05, 4.69) is 29.5 Å². The molecule has 0 bridgehead atoms. The summed E-state index contributed by atoms with van der Waals surface area (Å²) in [7, 11) is -2.90. The third kappa shape index (κ3) is 7.14. The van der Waals surface area contributed by atoms with Gasteiger partial charge < -0.3 is 9.05 Å². The van der Waals surface area contributed by atoms with Crippen LogP contribution in [0.4, 0.5) is 0 Å². The Morgan fingerprint density at radius 1 is 1.18 bits per heavy atom. The molecular weight excluding hydrogens is 350 g/mol. The summed E-state index contributed by atoms with van der Waals surface area (Å²) in [5.41, 5.74) is -0.0128. The van der Waals surface area contributed by atoms with Crippen molar-refractivity contribution in [3.63, 3.8) is 0 Å². The molecule has 0 saturated heterocycles. The Balaban J connectivity index is 4.31. The van der Waals surface area contributed by atoms with E-state index in [1.165, 1.54) is 19.3 Å². The maximum atomic E-state index is 12.5. The van der Waals surface area contributed by atoms with Crippen molar-refractivity contribution in [3.8, 4) is 0 Å². The van der Waals surface area contributed by atoms with E-state index in [-0.39, 0.29) is 5.66 Å². The smallest absolute Gasteiger partial charge is 0.309 e. The fourth-order valence-corrected chi connectivity index (χ4v) is 5.12. The highest BCUT2D eigenvalue weighted by Gasteiger charge is 2.32. The predicted molar refractivity (Wildman–Crippen MR) is 82.3 cm³/mol. The zero-order valence-electron chi connectivity index (χ0n) is 11.4. The van der Waals surface area contributed by atoms with Crippen LogP contribution in [0.2, 0.25) is 0 Å². The SMILES string of the molecule is CCCC[C@H](I)C[C@H](C)P(=O)(OCC)OCC. The van der Waals surface area contributed by atoms with Gasteiger partial charge in [-0.2, -0.15) is 0 Å². The molecule has 3 nitrogen and oxygen atoms in total. The number of alkyl halides is 1. The second kappa shape index (κ2) is 9.76. The molecule has 0 aromatic heterocycles. The molecule has 0 amide bonds. The molecule has 0 N–H and O–H groups in total. The monoisotopic (exact) mass is 376 g/mol. The molecule has 0 fully saturated rings. The van der Waals surface area contributed by atoms with Gasteiger partial charge >= 0.3 is 7.60 Å². The van der Waals surface area contributed by atoms with E-state index in [0.717, 1.165) is 6.42 Å². The lowest BCUT2D eigenvalue weighted by atomic mass is 10.1. The Morgan fingerprint density at radius 2 is 1.71 bits per heavy atom. The van der Waals surface area contributed by atoms with Crippen LogP contribution < -0.4 is 0 Å². The molecule has 0 aliphatic carbocycles. The van der Waals surface area contributed by atoms with Gasteiger partial charge in [0.05, 0.1) is 18.9 Å². The second-order valence-corrected chi connectivity index (χ2v) is 8.44. The van der Waals surface area contributed by atoms with E-state index in [1.54, 1.807) is 0 Å². The van der Waals surface area contributed by atoms with Crippen LogP contribution in [0.3, 0.4) is 0 Å². The van der Waals surface area contributed by atoms with Gasteiger partial charge in [0, 0.05) is 3.92 Å². The average Bonchev–Trinajstić information content (AvgIpc) is 2.27. The van der Waals surface area contributed by atoms with E-state index < -0.39 is 7.60 Å². The van der Waals surface area contributed by atoms with E-state index in [0.29, 0.717) is 17.1 Å². The predicted octanol–water partition coefficient (Wildman–Crippen LogP) is 5.02. The standard InChI is InChI=1S/C12H26IO3P/c1-5-8-9-12(13)10-11(4)17(14,15-6-2)16-7-3/h11-12H,5-10H2,1-4H3/t11-,12-/m0/s1. The highest BCUT2D eigenvalue weighted by atomic mass is 127. The Kier molecular flexibility index (Phi) is 10.3. The first kappa shape index (κ1) is 17.9. The molecular formula is C12H26IO3P. The van der Waals surface area contributed by atoms with Gasteiger partial charge in [-0.15, -0.1) is 0 Å². The molecule has 0 aromatic carbocycles. The van der Waals surface area contributed by atoms with Gasteiger partial charge in [-0.1, -0.05) is 49.3 Å². The maximum Gasteiger partial charge on any atom is 0.333 e. The van der Waals surface area contributed by atoms with E-state index in [9.17, 15) is 4.57 Å². The van der Waals surface area contributed by atoms with Crippen molar-refractivity contribution in [1.82, 2.24) is 0 Å². The van der Waals surface area contributed by atoms with Crippen LogP contribution in [-0.2, 0) is 13.6 Å². The largest absolute Gasteiger partial charge is 0.333 e. The third-order valence-electron chi connectivity index (χ3n) is 2.63. The number of hydrogen-bond acceptors (Lipinski definition) is 3. The first-order valence-electron chi connectivity index (χ1n) is 6.52. The maximum absolute atomic E-state index is 12.5. The minimum Gasteiger partial charge on any atom is -0.309 e. The van der Waals surface area contributed by atoms with Crippen LogP contribution in [0.5, 0.6) is 0 Å². The summed E-state index contributed by atoms with van der Waals surface area (Å²) in [6.45, 7) is 8.78. The fourth-order valence-electron chi connectivity index (χ4n) is 1.69. The Labute approximate surface area is 120 Å². The molecule has 0 saturated carbocycles. The van der Waals surface area contributed by atoms with Crippen LogP contribution >= 0.6 is 30.2 Å². The van der Waals surface area contributed by atoms with Gasteiger partial charge in [-0.25, -0.2) is 0 Å². The summed E-state index contributed by atoms with van der Waals surface area (Å²) in [6, 6.07) is 0. The van der Waals surface area contributed by atoms with Gasteiger partial charge in [0.25, 0.3) is 0 Å². The highest BCUT2D eigenvalue weighted by Crippen LogP contribution is 2.54. The van der Waals surface area contributed by atoms with E-state index in [4.69, 9.17) is 9.05 Å². The lowest BCUT2D eigenvalue weighted by Gasteiger charge is -2.25. The topological polar surface area (TPSA) is 35.5 Å². The summed E-state index contributed by atoms with van der Waals surface area (Å²) in [5, 5.41) is 0. The first-order valence-corrected chi connectivity index (χ1v) is 9.38. The summed E-state index contributed by atoms with van der Waals surface area (Å²) in [5.74, 6) is 0. The minimum atomic E-state index is -2.90. The van der Waals surface area contributed by atoms with Gasteiger partial charge in [0.1, 0.15) is 0 Å². The van der Waals surface area contributed by atoms with Crippen molar-refractivity contribution in [2.24, 2.45) is 0 Å². The fraction of sp³-hybridized carbons (Fsp3) is 1.00. The lowest BCUT2D eigenvalue weighted by molar-refractivity contribution is 0.212. The highest BCUT2D eigenvalue weighted by molar-refractivity contribution is 14.1. The molecule has 0 aromatic rings. The molecule has 17 heavy (non-hydrogen) atoms. The minimum absolute atomic E-state index is 0.0128. The van der Waals surface area contributed by atoms with Gasteiger partial charge in [0.15, 0.2) is 0 Å². The average molecular weight is 376 g/mol. The van der Waals surface area contributed by atoms with Crippen LogP contribution in [0.25, 0.3) is 0 Å². The Bertz CT molecular complexity index is 226. The molecule has 5 heteroatoms.